The van der Waals surface area contributed by atoms with Gasteiger partial charge in [-0.05, 0) is 12.1 Å². The third-order valence-electron chi connectivity index (χ3n) is 2.65. The summed E-state index contributed by atoms with van der Waals surface area (Å²) in [6.45, 7) is 0. The molecular formula is C12H10N4OS. The fraction of sp³-hybridized carbons (Fsp3) is 0.0833. The Hall–Kier alpha value is -2.08. The van der Waals surface area contributed by atoms with Gasteiger partial charge in [-0.1, -0.05) is 12.1 Å². The van der Waals surface area contributed by atoms with Crippen molar-refractivity contribution in [3.63, 3.8) is 0 Å². The van der Waals surface area contributed by atoms with E-state index in [9.17, 15) is 4.21 Å². The molecule has 3 rings (SSSR count). The first-order chi connectivity index (χ1) is 8.74. The molecule has 1 unspecified atom stereocenters. The Labute approximate surface area is 106 Å². The van der Waals surface area contributed by atoms with Gasteiger partial charge in [0.25, 0.3) is 0 Å². The van der Waals surface area contributed by atoms with E-state index in [-0.39, 0.29) is 0 Å². The van der Waals surface area contributed by atoms with Crippen molar-refractivity contribution in [3.05, 3.63) is 36.7 Å². The molecule has 90 valence electrons. The lowest BCUT2D eigenvalue weighted by atomic mass is 10.2. The quantitative estimate of drug-likeness (QED) is 0.760. The zero-order chi connectivity index (χ0) is 12.5. The molecule has 0 radical (unpaired) electrons. The molecule has 0 spiro atoms. The van der Waals surface area contributed by atoms with Crippen LogP contribution in [0.25, 0.3) is 22.4 Å². The Morgan fingerprint density at radius 2 is 1.83 bits per heavy atom. The highest BCUT2D eigenvalue weighted by atomic mass is 32.2. The third-order valence-corrected chi connectivity index (χ3v) is 3.59. The van der Waals surface area contributed by atoms with Crippen molar-refractivity contribution in [3.8, 4) is 11.4 Å². The van der Waals surface area contributed by atoms with Crippen molar-refractivity contribution in [2.75, 3.05) is 6.26 Å². The maximum Gasteiger partial charge on any atom is 0.138 e. The molecule has 0 aliphatic carbocycles. The first-order valence-corrected chi connectivity index (χ1v) is 6.90. The standard InChI is InChI=1S/C12H10N4OS/c1-18(17)9-4-2-8(3-5-9)12-15-10-6-13-14-7-11(10)16-12/h2-7H,1H3,(H,15,16). The molecule has 0 aliphatic rings. The molecule has 3 aromatic rings. The van der Waals surface area contributed by atoms with Crippen LogP contribution in [0.1, 0.15) is 0 Å². The number of aromatic amines is 1. The lowest BCUT2D eigenvalue weighted by Gasteiger charge is -1.98. The van der Waals surface area contributed by atoms with E-state index in [0.717, 1.165) is 27.3 Å². The Bertz CT molecular complexity index is 687. The van der Waals surface area contributed by atoms with Crippen LogP contribution in [0.2, 0.25) is 0 Å². The van der Waals surface area contributed by atoms with Crippen molar-refractivity contribution in [1.29, 1.82) is 0 Å². The molecule has 1 N–H and O–H groups in total. The molecule has 1 aromatic carbocycles. The molecule has 0 saturated heterocycles. The van der Waals surface area contributed by atoms with Gasteiger partial charge >= 0.3 is 0 Å². The topological polar surface area (TPSA) is 71.5 Å². The van der Waals surface area contributed by atoms with E-state index in [1.165, 1.54) is 0 Å². The van der Waals surface area contributed by atoms with Gasteiger partial charge in [-0.2, -0.15) is 10.2 Å². The van der Waals surface area contributed by atoms with Crippen molar-refractivity contribution in [1.82, 2.24) is 20.2 Å². The predicted molar refractivity (Wildman–Crippen MR) is 69.5 cm³/mol. The summed E-state index contributed by atoms with van der Waals surface area (Å²) in [4.78, 5) is 8.40. The third kappa shape index (κ3) is 1.91. The summed E-state index contributed by atoms with van der Waals surface area (Å²) in [6, 6.07) is 7.48. The van der Waals surface area contributed by atoms with Crippen molar-refractivity contribution in [2.24, 2.45) is 0 Å². The molecule has 0 bridgehead atoms. The summed E-state index contributed by atoms with van der Waals surface area (Å²) in [5.41, 5.74) is 2.58. The van der Waals surface area contributed by atoms with Gasteiger partial charge in [0, 0.05) is 27.5 Å². The molecule has 2 aromatic heterocycles. The van der Waals surface area contributed by atoms with Gasteiger partial charge in [0.15, 0.2) is 0 Å². The highest BCUT2D eigenvalue weighted by Crippen LogP contribution is 2.20. The second-order valence-electron chi connectivity index (χ2n) is 3.85. The van der Waals surface area contributed by atoms with Gasteiger partial charge in [-0.25, -0.2) is 4.98 Å². The minimum absolute atomic E-state index is 0.758. The van der Waals surface area contributed by atoms with Crippen LogP contribution in [0.4, 0.5) is 0 Å². The number of nitrogens with one attached hydrogen (secondary N) is 1. The second kappa shape index (κ2) is 4.30. The van der Waals surface area contributed by atoms with Crippen LogP contribution in [-0.2, 0) is 10.8 Å². The minimum Gasteiger partial charge on any atom is -0.337 e. The van der Waals surface area contributed by atoms with Crippen LogP contribution in [0.5, 0.6) is 0 Å². The van der Waals surface area contributed by atoms with Crippen molar-refractivity contribution >= 4 is 21.8 Å². The van der Waals surface area contributed by atoms with E-state index in [1.807, 2.05) is 24.3 Å². The normalized spacial score (nSPS) is 12.7. The molecule has 0 aliphatic heterocycles. The number of benzene rings is 1. The van der Waals surface area contributed by atoms with E-state index in [1.54, 1.807) is 18.6 Å². The van der Waals surface area contributed by atoms with Crippen LogP contribution in [0.3, 0.4) is 0 Å². The lowest BCUT2D eigenvalue weighted by Crippen LogP contribution is -1.87. The van der Waals surface area contributed by atoms with Crippen LogP contribution < -0.4 is 0 Å². The van der Waals surface area contributed by atoms with E-state index in [4.69, 9.17) is 0 Å². The zero-order valence-corrected chi connectivity index (χ0v) is 10.4. The molecule has 0 saturated carbocycles. The average molecular weight is 258 g/mol. The van der Waals surface area contributed by atoms with Gasteiger partial charge in [0.05, 0.1) is 17.9 Å². The first kappa shape index (κ1) is 11.0. The SMILES string of the molecule is CS(=O)c1ccc(-c2nc3cnncc3[nH]2)cc1. The van der Waals surface area contributed by atoms with Crippen LogP contribution in [-0.4, -0.2) is 30.6 Å². The summed E-state index contributed by atoms with van der Waals surface area (Å²) >= 11 is 0. The maximum atomic E-state index is 11.3. The van der Waals surface area contributed by atoms with E-state index < -0.39 is 10.8 Å². The number of aromatic nitrogens is 4. The van der Waals surface area contributed by atoms with E-state index in [2.05, 4.69) is 20.2 Å². The Kier molecular flexibility index (Phi) is 2.64. The summed E-state index contributed by atoms with van der Waals surface area (Å²) in [6.07, 6.45) is 4.92. The molecule has 18 heavy (non-hydrogen) atoms. The number of hydrogen-bond donors (Lipinski definition) is 1. The molecular weight excluding hydrogens is 248 g/mol. The van der Waals surface area contributed by atoms with Crippen molar-refractivity contribution < 1.29 is 4.21 Å². The number of hydrogen-bond acceptors (Lipinski definition) is 4. The summed E-state index contributed by atoms with van der Waals surface area (Å²) in [7, 11) is -0.959. The number of rotatable bonds is 2. The molecule has 1 atom stereocenters. The second-order valence-corrected chi connectivity index (χ2v) is 5.23. The Morgan fingerprint density at radius 1 is 1.11 bits per heavy atom. The summed E-state index contributed by atoms with van der Waals surface area (Å²) in [5, 5.41) is 7.58. The Balaban J connectivity index is 2.06. The average Bonchev–Trinajstić information content (AvgIpc) is 2.82. The van der Waals surface area contributed by atoms with Crippen LogP contribution in [0, 0.1) is 0 Å². The smallest absolute Gasteiger partial charge is 0.138 e. The van der Waals surface area contributed by atoms with Gasteiger partial charge in [0.1, 0.15) is 11.3 Å². The van der Waals surface area contributed by atoms with Gasteiger partial charge < -0.3 is 4.98 Å². The summed E-state index contributed by atoms with van der Waals surface area (Å²) < 4.78 is 11.3. The molecule has 6 heteroatoms. The fourth-order valence-electron chi connectivity index (χ4n) is 1.72. The zero-order valence-electron chi connectivity index (χ0n) is 9.62. The maximum absolute atomic E-state index is 11.3. The van der Waals surface area contributed by atoms with Gasteiger partial charge in [0.2, 0.25) is 0 Å². The van der Waals surface area contributed by atoms with Gasteiger partial charge in [-0.3, -0.25) is 4.21 Å². The highest BCUT2D eigenvalue weighted by Gasteiger charge is 2.06. The largest absolute Gasteiger partial charge is 0.337 e. The lowest BCUT2D eigenvalue weighted by molar-refractivity contribution is 0.687. The monoisotopic (exact) mass is 258 g/mol. The highest BCUT2D eigenvalue weighted by molar-refractivity contribution is 7.84. The van der Waals surface area contributed by atoms with Crippen molar-refractivity contribution in [2.45, 2.75) is 4.90 Å². The number of imidazole rings is 1. The number of fused-ring (bicyclic) bond motifs is 1. The van der Waals surface area contributed by atoms with Crippen LogP contribution >= 0.6 is 0 Å². The minimum atomic E-state index is -0.959. The first-order valence-electron chi connectivity index (χ1n) is 5.34. The number of H-pyrrole nitrogens is 1. The predicted octanol–water partition coefficient (Wildman–Crippen LogP) is 1.76. The van der Waals surface area contributed by atoms with E-state index >= 15 is 0 Å². The van der Waals surface area contributed by atoms with Crippen LogP contribution in [0.15, 0.2) is 41.6 Å². The van der Waals surface area contributed by atoms with E-state index in [0.29, 0.717) is 0 Å². The summed E-state index contributed by atoms with van der Waals surface area (Å²) in [5.74, 6) is 0.758. The molecule has 0 amide bonds. The molecule has 0 fully saturated rings. The fourth-order valence-corrected chi connectivity index (χ4v) is 2.24. The molecule has 5 nitrogen and oxygen atoms in total. The van der Waals surface area contributed by atoms with Gasteiger partial charge in [-0.15, -0.1) is 0 Å². The Morgan fingerprint density at radius 3 is 2.50 bits per heavy atom. The number of nitrogens with zero attached hydrogens (tertiary/aromatic N) is 3. The molecule has 2 heterocycles.